The van der Waals surface area contributed by atoms with Crippen molar-refractivity contribution in [3.05, 3.63) is 289 Å². The SMILES string of the molecule is Cc1ccc(N(c2ccc(C)cc2)c2c3ccccc3c(-c3cc(-c4c5ccccc5cc5ccccc45)cc(-c4c5ccccc5c(N(c5ccc(C)cc5)c5ccc(C)cc5)c5ccccc45)c3)c3ccccc23)cc1. The van der Waals surface area contributed by atoms with Gasteiger partial charge in [0.2, 0.25) is 0 Å². The first-order chi connectivity index (χ1) is 38.3. The number of hydrogen-bond donors (Lipinski definition) is 0. The molecular weight excluding hydrogens is 941 g/mol. The molecule has 0 bridgehead atoms. The average molecular weight is 997 g/mol. The van der Waals surface area contributed by atoms with Crippen LogP contribution >= 0.6 is 0 Å². The third-order valence-corrected chi connectivity index (χ3v) is 16.0. The lowest BCUT2D eigenvalue weighted by atomic mass is 9.83. The highest BCUT2D eigenvalue weighted by Crippen LogP contribution is 2.53. The maximum absolute atomic E-state index is 2.49. The molecule has 0 fully saturated rings. The predicted octanol–water partition coefficient (Wildman–Crippen LogP) is 21.8. The maximum atomic E-state index is 2.49. The normalized spacial score (nSPS) is 11.6. The maximum Gasteiger partial charge on any atom is 0.0618 e. The van der Waals surface area contributed by atoms with Gasteiger partial charge in [-0.05, 0) is 177 Å². The van der Waals surface area contributed by atoms with Crippen molar-refractivity contribution in [2.24, 2.45) is 0 Å². The molecule has 0 unspecified atom stereocenters. The van der Waals surface area contributed by atoms with Gasteiger partial charge in [0, 0.05) is 44.3 Å². The molecule has 78 heavy (non-hydrogen) atoms. The van der Waals surface area contributed by atoms with Crippen molar-refractivity contribution >= 4 is 98.8 Å². The molecule has 0 radical (unpaired) electrons. The number of fused-ring (bicyclic) bond motifs is 6. The number of aryl methyl sites for hydroxylation is 4. The van der Waals surface area contributed by atoms with Gasteiger partial charge in [-0.3, -0.25) is 0 Å². The van der Waals surface area contributed by atoms with E-state index < -0.39 is 0 Å². The Balaban J connectivity index is 1.11. The van der Waals surface area contributed by atoms with Crippen molar-refractivity contribution in [2.75, 3.05) is 9.80 Å². The molecule has 0 spiro atoms. The Kier molecular flexibility index (Phi) is 11.5. The summed E-state index contributed by atoms with van der Waals surface area (Å²) < 4.78 is 0. The Morgan fingerprint density at radius 2 is 0.423 bits per heavy atom. The minimum atomic E-state index is 1.12. The van der Waals surface area contributed by atoms with E-state index in [1.165, 1.54) is 109 Å². The molecule has 0 amide bonds. The van der Waals surface area contributed by atoms with Crippen molar-refractivity contribution < 1.29 is 0 Å². The molecule has 0 heterocycles. The van der Waals surface area contributed by atoms with Crippen LogP contribution in [0.5, 0.6) is 0 Å². The minimum Gasteiger partial charge on any atom is -0.309 e. The van der Waals surface area contributed by atoms with Gasteiger partial charge in [-0.15, -0.1) is 0 Å². The van der Waals surface area contributed by atoms with Gasteiger partial charge in [0.15, 0.2) is 0 Å². The molecule has 0 saturated heterocycles. The number of benzene rings is 14. The second kappa shape index (κ2) is 19.1. The Morgan fingerprint density at radius 3 is 0.692 bits per heavy atom. The van der Waals surface area contributed by atoms with Crippen LogP contribution in [-0.4, -0.2) is 0 Å². The molecule has 370 valence electrons. The van der Waals surface area contributed by atoms with Gasteiger partial charge in [-0.2, -0.15) is 0 Å². The quantitative estimate of drug-likeness (QED) is 0.133. The first kappa shape index (κ1) is 46.7. The second-order valence-electron chi connectivity index (χ2n) is 21.1. The van der Waals surface area contributed by atoms with Crippen molar-refractivity contribution in [3.63, 3.8) is 0 Å². The molecule has 0 saturated carbocycles. The molecule has 14 aromatic carbocycles. The number of anilines is 6. The topological polar surface area (TPSA) is 6.48 Å². The van der Waals surface area contributed by atoms with Crippen molar-refractivity contribution in [3.8, 4) is 33.4 Å². The van der Waals surface area contributed by atoms with Crippen LogP contribution in [0.1, 0.15) is 22.3 Å². The molecule has 14 aromatic rings. The zero-order chi connectivity index (χ0) is 52.4. The summed E-state index contributed by atoms with van der Waals surface area (Å²) in [5.41, 5.74) is 18.8. The molecule has 0 aromatic heterocycles. The van der Waals surface area contributed by atoms with E-state index in [0.29, 0.717) is 0 Å². The van der Waals surface area contributed by atoms with Gasteiger partial charge >= 0.3 is 0 Å². The summed E-state index contributed by atoms with van der Waals surface area (Å²) in [6.07, 6.45) is 0. The molecule has 0 aliphatic heterocycles. The van der Waals surface area contributed by atoms with Gasteiger partial charge in [0.1, 0.15) is 0 Å². The fraction of sp³-hybridized carbons (Fsp3) is 0.0526. The van der Waals surface area contributed by atoms with Crippen molar-refractivity contribution in [2.45, 2.75) is 27.7 Å². The van der Waals surface area contributed by atoms with Crippen LogP contribution in [0.3, 0.4) is 0 Å². The van der Waals surface area contributed by atoms with Crippen LogP contribution in [0.4, 0.5) is 34.1 Å². The largest absolute Gasteiger partial charge is 0.309 e. The Morgan fingerprint density at radius 1 is 0.205 bits per heavy atom. The van der Waals surface area contributed by atoms with Crippen molar-refractivity contribution in [1.82, 2.24) is 0 Å². The monoisotopic (exact) mass is 996 g/mol. The lowest BCUT2D eigenvalue weighted by Gasteiger charge is -2.30. The lowest BCUT2D eigenvalue weighted by molar-refractivity contribution is 1.29. The second-order valence-corrected chi connectivity index (χ2v) is 21.1. The molecule has 0 atom stereocenters. The van der Waals surface area contributed by atoms with E-state index in [2.05, 4.69) is 304 Å². The van der Waals surface area contributed by atoms with Crippen LogP contribution in [0, 0.1) is 27.7 Å². The summed E-state index contributed by atoms with van der Waals surface area (Å²) >= 11 is 0. The van der Waals surface area contributed by atoms with E-state index in [1.54, 1.807) is 0 Å². The number of rotatable bonds is 9. The summed E-state index contributed by atoms with van der Waals surface area (Å²) in [5.74, 6) is 0. The summed E-state index contributed by atoms with van der Waals surface area (Å²) in [5, 5.41) is 14.4. The number of nitrogens with zero attached hydrogens (tertiary/aromatic N) is 2. The average Bonchev–Trinajstić information content (AvgIpc) is 3.56. The highest BCUT2D eigenvalue weighted by molar-refractivity contribution is 6.25. The fourth-order valence-electron chi connectivity index (χ4n) is 12.3. The van der Waals surface area contributed by atoms with Gasteiger partial charge in [0.25, 0.3) is 0 Å². The molecule has 0 aliphatic carbocycles. The summed E-state index contributed by atoms with van der Waals surface area (Å²) in [7, 11) is 0. The summed E-state index contributed by atoms with van der Waals surface area (Å²) in [6.45, 7) is 8.64. The third kappa shape index (κ3) is 7.96. The fourth-order valence-corrected chi connectivity index (χ4v) is 12.3. The van der Waals surface area contributed by atoms with E-state index in [-0.39, 0.29) is 0 Å². The zero-order valence-electron chi connectivity index (χ0n) is 44.3. The standard InChI is InChI=1S/C76H56N2/c1-49-29-37-58(38-30-49)77(59-39-31-50(2)32-40-59)75-68-25-13-9-21-64(68)73(65-22-10-14-26-69(65)75)56-46-55(72-62-19-7-5-17-53(62)45-54-18-6-8-20-63(54)72)47-57(48-56)74-66-23-11-15-27-70(66)76(71-28-16-12-24-67(71)74)78(60-41-33-51(3)34-42-60)61-43-35-52(4)36-44-61/h5-48H,1-4H3. The Bertz CT molecular complexity index is 4130. The molecule has 0 aliphatic rings. The van der Waals surface area contributed by atoms with E-state index >= 15 is 0 Å². The first-order valence-corrected chi connectivity index (χ1v) is 27.2. The predicted molar refractivity (Wildman–Crippen MR) is 336 cm³/mol. The van der Waals surface area contributed by atoms with Crippen LogP contribution in [0.2, 0.25) is 0 Å². The smallest absolute Gasteiger partial charge is 0.0618 e. The molecule has 14 rings (SSSR count). The highest BCUT2D eigenvalue weighted by atomic mass is 15.2. The van der Waals surface area contributed by atoms with Gasteiger partial charge in [-0.1, -0.05) is 216 Å². The van der Waals surface area contributed by atoms with Gasteiger partial charge in [0.05, 0.1) is 11.4 Å². The van der Waals surface area contributed by atoms with Crippen LogP contribution in [0.15, 0.2) is 267 Å². The molecule has 2 heteroatoms. The van der Waals surface area contributed by atoms with Crippen LogP contribution in [0.25, 0.3) is 98.0 Å². The van der Waals surface area contributed by atoms with Crippen LogP contribution < -0.4 is 9.80 Å². The lowest BCUT2D eigenvalue weighted by Crippen LogP contribution is -2.11. The van der Waals surface area contributed by atoms with E-state index in [4.69, 9.17) is 0 Å². The van der Waals surface area contributed by atoms with Crippen molar-refractivity contribution in [1.29, 1.82) is 0 Å². The Labute approximate surface area is 456 Å². The summed E-state index contributed by atoms with van der Waals surface area (Å²) in [6, 6.07) is 99.8. The molecular formula is C76H56N2. The van der Waals surface area contributed by atoms with Crippen LogP contribution in [-0.2, 0) is 0 Å². The summed E-state index contributed by atoms with van der Waals surface area (Å²) in [4.78, 5) is 4.93. The van der Waals surface area contributed by atoms with E-state index in [0.717, 1.165) is 45.3 Å². The zero-order valence-corrected chi connectivity index (χ0v) is 44.3. The van der Waals surface area contributed by atoms with Gasteiger partial charge in [-0.25, -0.2) is 0 Å². The van der Waals surface area contributed by atoms with Gasteiger partial charge < -0.3 is 9.80 Å². The van der Waals surface area contributed by atoms with E-state index in [1.807, 2.05) is 0 Å². The molecule has 0 N–H and O–H groups in total. The minimum absolute atomic E-state index is 1.12. The Hall–Kier alpha value is -9.76. The molecule has 2 nitrogen and oxygen atoms in total. The number of hydrogen-bond acceptors (Lipinski definition) is 2. The highest BCUT2D eigenvalue weighted by Gasteiger charge is 2.26. The first-order valence-electron chi connectivity index (χ1n) is 27.2. The third-order valence-electron chi connectivity index (χ3n) is 16.0. The van der Waals surface area contributed by atoms with E-state index in [9.17, 15) is 0 Å².